The second kappa shape index (κ2) is 11.0. The quantitative estimate of drug-likeness (QED) is 0.192. The minimum atomic E-state index is -3.53. The topological polar surface area (TPSA) is 129 Å². The van der Waals surface area contributed by atoms with E-state index in [2.05, 4.69) is 45.8 Å². The van der Waals surface area contributed by atoms with E-state index in [9.17, 15) is 8.42 Å². The van der Waals surface area contributed by atoms with E-state index in [1.807, 2.05) is 6.07 Å². The lowest BCUT2D eigenvalue weighted by Crippen LogP contribution is -2.49. The highest BCUT2D eigenvalue weighted by molar-refractivity contribution is 7.92. The Morgan fingerprint density at radius 2 is 1.90 bits per heavy atom. The second-order valence-electron chi connectivity index (χ2n) is 10.5. The SMILES string of the molecule is COc1cc2c(cc1Nc1ncc(Cl)c(Nc3ccccc3S(=O)(=O)C(C)C)n1)CCC(NC(C)=N)C2(C)C. The van der Waals surface area contributed by atoms with Crippen LogP contribution in [0.2, 0.25) is 5.02 Å². The third kappa shape index (κ3) is 5.81. The van der Waals surface area contributed by atoms with Crippen LogP contribution in [0, 0.1) is 5.41 Å². The van der Waals surface area contributed by atoms with Gasteiger partial charge in [0.25, 0.3) is 0 Å². The van der Waals surface area contributed by atoms with Crippen molar-refractivity contribution in [1.29, 1.82) is 5.41 Å². The molecular formula is C28H35ClN6O3S. The molecule has 4 rings (SSSR count). The van der Waals surface area contributed by atoms with Gasteiger partial charge < -0.3 is 20.7 Å². The summed E-state index contributed by atoms with van der Waals surface area (Å²) in [6.07, 6.45) is 3.20. The monoisotopic (exact) mass is 570 g/mol. The fourth-order valence-corrected chi connectivity index (χ4v) is 6.24. The van der Waals surface area contributed by atoms with Crippen LogP contribution in [0.3, 0.4) is 0 Å². The van der Waals surface area contributed by atoms with Crippen LogP contribution in [0.5, 0.6) is 5.75 Å². The molecular weight excluding hydrogens is 536 g/mol. The maximum atomic E-state index is 12.9. The summed E-state index contributed by atoms with van der Waals surface area (Å²) in [6.45, 7) is 9.40. The van der Waals surface area contributed by atoms with Gasteiger partial charge in [0.1, 0.15) is 10.8 Å². The largest absolute Gasteiger partial charge is 0.495 e. The third-order valence-corrected chi connectivity index (χ3v) is 9.63. The van der Waals surface area contributed by atoms with Gasteiger partial charge in [-0.25, -0.2) is 13.4 Å². The van der Waals surface area contributed by atoms with Gasteiger partial charge in [0.15, 0.2) is 15.7 Å². The van der Waals surface area contributed by atoms with Gasteiger partial charge >= 0.3 is 0 Å². The van der Waals surface area contributed by atoms with E-state index in [1.54, 1.807) is 52.1 Å². The number of para-hydroxylation sites is 1. The van der Waals surface area contributed by atoms with Crippen LogP contribution in [0.1, 0.15) is 52.2 Å². The molecule has 9 nitrogen and oxygen atoms in total. The van der Waals surface area contributed by atoms with Gasteiger partial charge in [-0.1, -0.05) is 37.6 Å². The van der Waals surface area contributed by atoms with Crippen molar-refractivity contribution in [2.24, 2.45) is 0 Å². The zero-order valence-corrected chi connectivity index (χ0v) is 24.6. The zero-order chi connectivity index (χ0) is 28.5. The van der Waals surface area contributed by atoms with Crippen molar-refractivity contribution in [3.8, 4) is 5.75 Å². The summed E-state index contributed by atoms with van der Waals surface area (Å²) in [5.74, 6) is 1.64. The summed E-state index contributed by atoms with van der Waals surface area (Å²) in [5.41, 5.74) is 3.23. The number of anilines is 4. The van der Waals surface area contributed by atoms with Gasteiger partial charge in [0.2, 0.25) is 5.95 Å². The van der Waals surface area contributed by atoms with Gasteiger partial charge in [-0.3, -0.25) is 5.41 Å². The van der Waals surface area contributed by atoms with Gasteiger partial charge in [-0.05, 0) is 69.0 Å². The summed E-state index contributed by atoms with van der Waals surface area (Å²) in [7, 11) is -1.92. The Kier molecular flexibility index (Phi) is 8.09. The van der Waals surface area contributed by atoms with E-state index < -0.39 is 15.1 Å². The first-order chi connectivity index (χ1) is 18.3. The van der Waals surface area contributed by atoms with Gasteiger partial charge in [0, 0.05) is 11.5 Å². The first kappa shape index (κ1) is 28.6. The third-order valence-electron chi connectivity index (χ3n) is 7.14. The van der Waals surface area contributed by atoms with Crippen LogP contribution in [-0.2, 0) is 21.7 Å². The van der Waals surface area contributed by atoms with Crippen LogP contribution in [0.15, 0.2) is 47.5 Å². The van der Waals surface area contributed by atoms with Crippen LogP contribution in [0.25, 0.3) is 0 Å². The molecule has 0 bridgehead atoms. The van der Waals surface area contributed by atoms with Crippen molar-refractivity contribution < 1.29 is 13.2 Å². The molecule has 0 amide bonds. The van der Waals surface area contributed by atoms with Crippen LogP contribution in [0.4, 0.5) is 23.1 Å². The van der Waals surface area contributed by atoms with E-state index in [-0.39, 0.29) is 33.1 Å². The second-order valence-corrected chi connectivity index (χ2v) is 13.4. The number of hydrogen-bond acceptors (Lipinski definition) is 8. The molecule has 0 saturated heterocycles. The molecule has 1 aliphatic rings. The Labute approximate surface area is 235 Å². The lowest BCUT2D eigenvalue weighted by atomic mass is 9.69. The Hall–Kier alpha value is -3.37. The Morgan fingerprint density at radius 1 is 1.18 bits per heavy atom. The average Bonchev–Trinajstić information content (AvgIpc) is 2.87. The van der Waals surface area contributed by atoms with Crippen LogP contribution >= 0.6 is 11.6 Å². The molecule has 1 heterocycles. The highest BCUT2D eigenvalue weighted by Crippen LogP contribution is 2.42. The normalized spacial score (nSPS) is 16.4. The minimum absolute atomic E-state index is 0.140. The molecule has 0 spiro atoms. The number of rotatable bonds is 8. The molecule has 1 aromatic heterocycles. The lowest BCUT2D eigenvalue weighted by Gasteiger charge is -2.41. The summed E-state index contributed by atoms with van der Waals surface area (Å²) >= 11 is 6.40. The number of nitrogens with zero attached hydrogens (tertiary/aromatic N) is 2. The Morgan fingerprint density at radius 3 is 2.56 bits per heavy atom. The molecule has 4 N–H and O–H groups in total. The molecule has 208 valence electrons. The van der Waals surface area contributed by atoms with Crippen molar-refractivity contribution >= 4 is 50.4 Å². The molecule has 0 fully saturated rings. The predicted octanol–water partition coefficient (Wildman–Crippen LogP) is 5.99. The molecule has 0 saturated carbocycles. The van der Waals surface area contributed by atoms with Crippen molar-refractivity contribution in [2.75, 3.05) is 17.7 Å². The van der Waals surface area contributed by atoms with Gasteiger partial charge in [-0.15, -0.1) is 0 Å². The van der Waals surface area contributed by atoms with E-state index in [4.69, 9.17) is 21.7 Å². The number of aromatic nitrogens is 2. The van der Waals surface area contributed by atoms with Crippen molar-refractivity contribution in [2.45, 2.75) is 69.1 Å². The number of hydrogen-bond donors (Lipinski definition) is 4. The molecule has 0 aliphatic heterocycles. The highest BCUT2D eigenvalue weighted by atomic mass is 35.5. The highest BCUT2D eigenvalue weighted by Gasteiger charge is 2.37. The number of nitrogens with one attached hydrogen (secondary N) is 4. The predicted molar refractivity (Wildman–Crippen MR) is 157 cm³/mol. The summed E-state index contributed by atoms with van der Waals surface area (Å²) in [6, 6.07) is 10.9. The van der Waals surface area contributed by atoms with E-state index >= 15 is 0 Å². The molecule has 39 heavy (non-hydrogen) atoms. The maximum Gasteiger partial charge on any atom is 0.229 e. The molecule has 3 aromatic rings. The van der Waals surface area contributed by atoms with Crippen molar-refractivity contribution in [3.05, 3.63) is 58.7 Å². The van der Waals surface area contributed by atoms with Crippen molar-refractivity contribution in [3.63, 3.8) is 0 Å². The summed E-state index contributed by atoms with van der Waals surface area (Å²) in [4.78, 5) is 9.05. The number of benzene rings is 2. The summed E-state index contributed by atoms with van der Waals surface area (Å²) in [5, 5.41) is 17.2. The van der Waals surface area contributed by atoms with Crippen LogP contribution < -0.4 is 20.7 Å². The van der Waals surface area contributed by atoms with Crippen molar-refractivity contribution in [1.82, 2.24) is 15.3 Å². The number of aryl methyl sites for hydroxylation is 1. The number of methoxy groups -OCH3 is 1. The first-order valence-corrected chi connectivity index (χ1v) is 14.7. The fourth-order valence-electron chi connectivity index (χ4n) is 4.90. The average molecular weight is 571 g/mol. The van der Waals surface area contributed by atoms with Gasteiger partial charge in [0.05, 0.1) is 40.7 Å². The molecule has 1 atom stereocenters. The molecule has 11 heteroatoms. The minimum Gasteiger partial charge on any atom is -0.495 e. The lowest BCUT2D eigenvalue weighted by molar-refractivity contribution is 0.333. The fraction of sp³-hybridized carbons (Fsp3) is 0.393. The Balaban J connectivity index is 1.66. The number of ether oxygens (including phenoxy) is 1. The zero-order valence-electron chi connectivity index (χ0n) is 23.0. The maximum absolute atomic E-state index is 12.9. The molecule has 2 aromatic carbocycles. The number of sulfone groups is 1. The number of fused-ring (bicyclic) bond motifs is 1. The first-order valence-electron chi connectivity index (χ1n) is 12.8. The molecule has 1 aliphatic carbocycles. The number of halogens is 1. The molecule has 1 unspecified atom stereocenters. The van der Waals surface area contributed by atoms with E-state index in [0.29, 0.717) is 23.0 Å². The summed E-state index contributed by atoms with van der Waals surface area (Å²) < 4.78 is 31.5. The van der Waals surface area contributed by atoms with Gasteiger partial charge in [-0.2, -0.15) is 4.98 Å². The smallest absolute Gasteiger partial charge is 0.229 e. The van der Waals surface area contributed by atoms with Crippen LogP contribution in [-0.4, -0.2) is 42.6 Å². The standard InChI is InChI=1S/C28H35ClN6O3S/c1-16(2)39(36,37)24-10-8-7-9-21(24)33-26-20(29)15-31-27(35-26)34-22-13-18-11-12-25(32-17(3)30)28(4,5)19(18)14-23(22)38-6/h7-10,13-16,25H,11-12H2,1-6H3,(H2,30,32)(H2,31,33,34,35). The van der Waals surface area contributed by atoms with E-state index in [0.717, 1.165) is 18.4 Å². The molecule has 0 radical (unpaired) electrons. The number of amidine groups is 1. The Bertz CT molecular complexity index is 1510. The van der Waals surface area contributed by atoms with E-state index in [1.165, 1.54) is 11.8 Å².